The van der Waals surface area contributed by atoms with Crippen LogP contribution in [-0.2, 0) is 0 Å². The van der Waals surface area contributed by atoms with Crippen LogP contribution in [0.4, 0.5) is 0 Å². The molecule has 0 unspecified atom stereocenters. The van der Waals surface area contributed by atoms with E-state index in [0.717, 1.165) is 76.3 Å². The van der Waals surface area contributed by atoms with E-state index < -0.39 is 0 Å². The molecule has 0 aliphatic carbocycles. The third-order valence-electron chi connectivity index (χ3n) is 9.29. The van der Waals surface area contributed by atoms with E-state index in [4.69, 9.17) is 14.4 Å². The zero-order valence-corrected chi connectivity index (χ0v) is 26.5. The molecule has 0 saturated carbocycles. The number of rotatable bonds is 4. The number of furan rings is 1. The first-order valence-corrected chi connectivity index (χ1v) is 16.9. The molecule has 3 aromatic heterocycles. The lowest BCUT2D eigenvalue weighted by atomic mass is 9.97. The molecule has 0 fully saturated rings. The van der Waals surface area contributed by atoms with Crippen LogP contribution in [0.15, 0.2) is 162 Å². The van der Waals surface area contributed by atoms with E-state index in [2.05, 4.69) is 152 Å². The Kier molecular flexibility index (Phi) is 6.05. The summed E-state index contributed by atoms with van der Waals surface area (Å²) in [6, 6.07) is 55.4. The van der Waals surface area contributed by atoms with E-state index in [1.165, 1.54) is 15.8 Å². The van der Waals surface area contributed by atoms with E-state index in [1.807, 2.05) is 6.07 Å². The van der Waals surface area contributed by atoms with E-state index in [-0.39, 0.29) is 0 Å². The Bertz CT molecular complexity index is 2830. The molecule has 0 N–H and O–H groups in total. The molecule has 10 aromatic rings. The van der Waals surface area contributed by atoms with Gasteiger partial charge in [0.1, 0.15) is 11.2 Å². The average Bonchev–Trinajstić information content (AvgIpc) is 3.73. The second-order valence-corrected chi connectivity index (χ2v) is 13.2. The molecule has 0 atom stereocenters. The van der Waals surface area contributed by atoms with Gasteiger partial charge in [0.2, 0.25) is 0 Å². The monoisotopic (exact) mass is 630 g/mol. The number of hydrogen-bond acceptors (Lipinski definition) is 4. The van der Waals surface area contributed by atoms with Crippen LogP contribution in [-0.4, -0.2) is 9.97 Å². The Balaban J connectivity index is 1.27. The second-order valence-electron chi connectivity index (χ2n) is 12.1. The molecule has 3 heterocycles. The Hall–Kier alpha value is -6.10. The first kappa shape index (κ1) is 27.1. The van der Waals surface area contributed by atoms with Crippen LogP contribution in [0.1, 0.15) is 0 Å². The predicted octanol–water partition coefficient (Wildman–Crippen LogP) is 12.6. The normalized spacial score (nSPS) is 11.8. The Labute approximate surface area is 280 Å². The summed E-state index contributed by atoms with van der Waals surface area (Å²) in [6.45, 7) is 0. The third-order valence-corrected chi connectivity index (χ3v) is 10.5. The van der Waals surface area contributed by atoms with Gasteiger partial charge < -0.3 is 4.42 Å². The zero-order valence-electron chi connectivity index (χ0n) is 25.7. The fourth-order valence-electron chi connectivity index (χ4n) is 6.98. The predicted molar refractivity (Wildman–Crippen MR) is 201 cm³/mol. The summed E-state index contributed by atoms with van der Waals surface area (Å²) < 4.78 is 8.87. The largest absolute Gasteiger partial charge is 0.455 e. The van der Waals surface area contributed by atoms with Crippen LogP contribution in [0.2, 0.25) is 0 Å². The van der Waals surface area contributed by atoms with Gasteiger partial charge in [-0.2, -0.15) is 0 Å². The molecule has 7 aromatic carbocycles. The quantitative estimate of drug-likeness (QED) is 0.194. The van der Waals surface area contributed by atoms with E-state index >= 15 is 0 Å². The maximum atomic E-state index is 6.57. The topological polar surface area (TPSA) is 38.9 Å². The number of thiophene rings is 1. The summed E-state index contributed by atoms with van der Waals surface area (Å²) in [5.41, 5.74) is 10.4. The van der Waals surface area contributed by atoms with Crippen LogP contribution in [0.25, 0.3) is 97.9 Å². The molecule has 48 heavy (non-hydrogen) atoms. The van der Waals surface area contributed by atoms with Gasteiger partial charge in [-0.25, -0.2) is 9.97 Å². The summed E-state index contributed by atoms with van der Waals surface area (Å²) in [5, 5.41) is 5.40. The highest BCUT2D eigenvalue weighted by Gasteiger charge is 2.21. The van der Waals surface area contributed by atoms with Crippen molar-refractivity contribution >= 4 is 64.4 Å². The van der Waals surface area contributed by atoms with E-state index in [9.17, 15) is 0 Å². The van der Waals surface area contributed by atoms with Gasteiger partial charge in [0.05, 0.1) is 15.9 Å². The van der Waals surface area contributed by atoms with Gasteiger partial charge in [-0.15, -0.1) is 11.3 Å². The highest BCUT2D eigenvalue weighted by Crippen LogP contribution is 2.43. The fraction of sp³-hybridized carbons (Fsp3) is 0. The molecule has 0 aliphatic rings. The molecule has 0 saturated heterocycles. The molecule has 4 heteroatoms. The number of hydrogen-bond donors (Lipinski definition) is 0. The minimum absolute atomic E-state index is 0.706. The van der Waals surface area contributed by atoms with Gasteiger partial charge in [-0.05, 0) is 58.0 Å². The number of aromatic nitrogens is 2. The van der Waals surface area contributed by atoms with Gasteiger partial charge in [0.25, 0.3) is 0 Å². The summed E-state index contributed by atoms with van der Waals surface area (Å²) in [5.74, 6) is 0.706. The fourth-order valence-corrected chi connectivity index (χ4v) is 8.13. The van der Waals surface area contributed by atoms with Crippen LogP contribution in [0.3, 0.4) is 0 Å². The minimum Gasteiger partial charge on any atom is -0.455 e. The zero-order chi connectivity index (χ0) is 31.6. The van der Waals surface area contributed by atoms with Crippen molar-refractivity contribution < 1.29 is 4.42 Å². The molecular formula is C44H26N2OS. The minimum atomic E-state index is 0.706. The molecule has 224 valence electrons. The standard InChI is InChI=1S/C44H26N2OS/c1-3-12-27(13-4-1)29-16-11-17-31(24-29)40-43-41(34-20-9-10-21-39(34)48-43)46-44(45-40)37-26-36-35-25-30(28-14-5-2-6-15-28)22-23-38(35)47-42(36)33-19-8-7-18-32(33)37/h1-26H. The first-order valence-electron chi connectivity index (χ1n) is 16.1. The Morgan fingerprint density at radius 2 is 1.08 bits per heavy atom. The van der Waals surface area contributed by atoms with Crippen LogP contribution >= 0.6 is 11.3 Å². The van der Waals surface area contributed by atoms with Crippen molar-refractivity contribution in [1.29, 1.82) is 0 Å². The van der Waals surface area contributed by atoms with Crippen molar-refractivity contribution in [2.24, 2.45) is 0 Å². The summed E-state index contributed by atoms with van der Waals surface area (Å²) >= 11 is 1.76. The Morgan fingerprint density at radius 3 is 1.88 bits per heavy atom. The van der Waals surface area contributed by atoms with Crippen molar-refractivity contribution in [1.82, 2.24) is 9.97 Å². The SMILES string of the molecule is c1ccc(-c2cccc(-c3nc(-c4cc5c6cc(-c7ccccc7)ccc6oc5c5ccccc45)nc4c3sc3ccccc34)c2)cc1. The van der Waals surface area contributed by atoms with E-state index in [1.54, 1.807) is 11.3 Å². The maximum absolute atomic E-state index is 6.57. The highest BCUT2D eigenvalue weighted by molar-refractivity contribution is 7.26. The van der Waals surface area contributed by atoms with Crippen molar-refractivity contribution in [2.75, 3.05) is 0 Å². The highest BCUT2D eigenvalue weighted by atomic mass is 32.1. The van der Waals surface area contributed by atoms with Crippen molar-refractivity contribution in [2.45, 2.75) is 0 Å². The van der Waals surface area contributed by atoms with Crippen molar-refractivity contribution in [3.8, 4) is 44.9 Å². The average molecular weight is 631 g/mol. The van der Waals surface area contributed by atoms with Gasteiger partial charge in [0, 0.05) is 37.4 Å². The van der Waals surface area contributed by atoms with Gasteiger partial charge >= 0.3 is 0 Å². The summed E-state index contributed by atoms with van der Waals surface area (Å²) in [6.07, 6.45) is 0. The number of benzene rings is 7. The molecule has 0 spiro atoms. The smallest absolute Gasteiger partial charge is 0.161 e. The van der Waals surface area contributed by atoms with Crippen LogP contribution < -0.4 is 0 Å². The second kappa shape index (κ2) is 10.7. The van der Waals surface area contributed by atoms with Gasteiger partial charge in [-0.1, -0.05) is 127 Å². The van der Waals surface area contributed by atoms with Gasteiger partial charge in [-0.3, -0.25) is 0 Å². The van der Waals surface area contributed by atoms with Crippen LogP contribution in [0.5, 0.6) is 0 Å². The molecule has 0 amide bonds. The van der Waals surface area contributed by atoms with Crippen molar-refractivity contribution in [3.05, 3.63) is 158 Å². The molecule has 0 aliphatic heterocycles. The molecule has 0 radical (unpaired) electrons. The lowest BCUT2D eigenvalue weighted by Gasteiger charge is -2.11. The lowest BCUT2D eigenvalue weighted by Crippen LogP contribution is -1.95. The van der Waals surface area contributed by atoms with Gasteiger partial charge in [0.15, 0.2) is 5.82 Å². The Morgan fingerprint density at radius 1 is 0.438 bits per heavy atom. The molecule has 3 nitrogen and oxygen atoms in total. The maximum Gasteiger partial charge on any atom is 0.161 e. The van der Waals surface area contributed by atoms with Crippen molar-refractivity contribution in [3.63, 3.8) is 0 Å². The first-order chi connectivity index (χ1) is 23.8. The third kappa shape index (κ3) is 4.27. The summed E-state index contributed by atoms with van der Waals surface area (Å²) in [4.78, 5) is 10.8. The molecule has 0 bridgehead atoms. The lowest BCUT2D eigenvalue weighted by molar-refractivity contribution is 0.673. The summed E-state index contributed by atoms with van der Waals surface area (Å²) in [7, 11) is 0. The molecule has 10 rings (SSSR count). The van der Waals surface area contributed by atoms with E-state index in [0.29, 0.717) is 5.82 Å². The molecular weight excluding hydrogens is 605 g/mol. The number of nitrogens with zero attached hydrogens (tertiary/aromatic N) is 2. The van der Waals surface area contributed by atoms with Crippen LogP contribution in [0, 0.1) is 0 Å². The number of fused-ring (bicyclic) bond motifs is 8.